The molecule has 0 aromatic carbocycles. The number of unbranched alkanes of at least 4 members (excludes halogenated alkanes) is 31. The van der Waals surface area contributed by atoms with Gasteiger partial charge in [0.25, 0.3) is 5.79 Å². The van der Waals surface area contributed by atoms with Crippen molar-refractivity contribution in [3.05, 3.63) is 12.2 Å². The first-order valence-corrected chi connectivity index (χ1v) is 35.0. The van der Waals surface area contributed by atoms with Crippen LogP contribution in [0, 0.1) is 0 Å². The van der Waals surface area contributed by atoms with Gasteiger partial charge in [-0.2, -0.15) is 0 Å². The minimum absolute atomic E-state index is 0.215. The van der Waals surface area contributed by atoms with Crippen molar-refractivity contribution >= 4 is 17.8 Å². The minimum Gasteiger partial charge on any atom is -0.477 e. The maximum absolute atomic E-state index is 13.5. The molecule has 23 nitrogen and oxygen atoms in total. The molecule has 528 valence electrons. The summed E-state index contributed by atoms with van der Waals surface area (Å²) in [7, 11) is 0. The second-order valence-corrected chi connectivity index (χ2v) is 25.7. The maximum Gasteiger partial charge on any atom is 0.364 e. The first kappa shape index (κ1) is 81.7. The van der Waals surface area contributed by atoms with Gasteiger partial charge in [0.05, 0.1) is 50.7 Å². The number of hydrogen-bond acceptors (Lipinski definition) is 20. The summed E-state index contributed by atoms with van der Waals surface area (Å²) in [5.41, 5.74) is 0. The normalized spacial score (nSPS) is 28.6. The number of rotatable bonds is 53. The molecule has 0 aliphatic carbocycles. The number of amides is 2. The third kappa shape index (κ3) is 30.5. The van der Waals surface area contributed by atoms with Gasteiger partial charge in [-0.15, -0.1) is 0 Å². The van der Waals surface area contributed by atoms with E-state index in [1.807, 2.05) is 0 Å². The molecule has 0 aromatic heterocycles. The third-order valence-electron chi connectivity index (χ3n) is 18.0. The molecule has 3 saturated heterocycles. The van der Waals surface area contributed by atoms with E-state index in [9.17, 15) is 75.7 Å². The summed E-state index contributed by atoms with van der Waals surface area (Å²) < 4.78 is 34.9. The third-order valence-corrected chi connectivity index (χ3v) is 18.0. The monoisotopic (exact) mass is 1290 g/mol. The smallest absolute Gasteiger partial charge is 0.364 e. The fraction of sp³-hybridized carbons (Fsp3) is 0.925. The molecule has 90 heavy (non-hydrogen) atoms. The molecule has 0 radical (unpaired) electrons. The van der Waals surface area contributed by atoms with E-state index < -0.39 is 148 Å². The van der Waals surface area contributed by atoms with Crippen molar-refractivity contribution < 1.29 is 104 Å². The molecule has 0 aromatic rings. The van der Waals surface area contributed by atoms with Crippen LogP contribution in [0.3, 0.4) is 0 Å². The van der Waals surface area contributed by atoms with Crippen LogP contribution >= 0.6 is 0 Å². The fourth-order valence-corrected chi connectivity index (χ4v) is 12.4. The standard InChI is InChI=1S/C67H124N2O21/c1-4-6-8-10-12-14-16-18-20-22-24-26-28-30-32-34-36-38-40-49(74)48(69-54(77)41-39-37-35-33-31-29-27-25-23-21-19-17-15-13-11-9-7-5-2)46-85-64-59(81)58(80)61(53(45-72)87-64)88-65-60(82)63(57(79)52(44-71)86-65)90-67(66(83)84)42-50(75)55(68-47(3)73)62(89-67)56(78)51(76)43-70/h25,27,48-53,55-65,70-72,74-76,78-82H,4-24,26,28-46H2,1-3H3,(H,68,73)(H,69,77)(H,83,84)/b27-25-. The Morgan fingerprint density at radius 1 is 0.567 bits per heavy atom. The van der Waals surface area contributed by atoms with E-state index in [4.69, 9.17) is 28.4 Å². The highest BCUT2D eigenvalue weighted by Gasteiger charge is 2.60. The predicted molar refractivity (Wildman–Crippen MR) is 338 cm³/mol. The molecule has 23 heteroatoms. The van der Waals surface area contributed by atoms with E-state index in [2.05, 4.69) is 36.6 Å². The van der Waals surface area contributed by atoms with Crippen LogP contribution < -0.4 is 10.6 Å². The minimum atomic E-state index is -3.08. The van der Waals surface area contributed by atoms with Gasteiger partial charge in [0, 0.05) is 19.8 Å². The zero-order valence-electron chi connectivity index (χ0n) is 55.0. The molecular formula is C67H124N2O21. The van der Waals surface area contributed by atoms with Crippen LogP contribution in [0.15, 0.2) is 12.2 Å². The van der Waals surface area contributed by atoms with Crippen LogP contribution in [-0.2, 0) is 42.8 Å². The van der Waals surface area contributed by atoms with Crippen LogP contribution in [-0.4, -0.2) is 215 Å². The second-order valence-electron chi connectivity index (χ2n) is 25.7. The van der Waals surface area contributed by atoms with E-state index in [0.717, 1.165) is 71.1 Å². The summed E-state index contributed by atoms with van der Waals surface area (Å²) in [5, 5.41) is 136. The molecule has 0 bridgehead atoms. The summed E-state index contributed by atoms with van der Waals surface area (Å²) in [6.45, 7) is 2.21. The van der Waals surface area contributed by atoms with Gasteiger partial charge < -0.3 is 100 Å². The molecule has 3 fully saturated rings. The number of aliphatic hydroxyl groups excluding tert-OH is 11. The number of carbonyl (C=O) groups excluding carboxylic acids is 2. The number of hydrogen-bond donors (Lipinski definition) is 14. The number of nitrogens with one attached hydrogen (secondary N) is 2. The summed E-state index contributed by atoms with van der Waals surface area (Å²) in [6.07, 6.45) is 16.4. The first-order valence-electron chi connectivity index (χ1n) is 35.0. The summed E-state index contributed by atoms with van der Waals surface area (Å²) in [4.78, 5) is 38.6. The number of aliphatic hydroxyl groups is 11. The number of carboxylic acid groups (broad SMARTS) is 1. The number of aliphatic carboxylic acids is 1. The number of carbonyl (C=O) groups is 3. The Kier molecular flexibility index (Phi) is 43.8. The van der Waals surface area contributed by atoms with Gasteiger partial charge in [-0.3, -0.25) is 9.59 Å². The zero-order valence-corrected chi connectivity index (χ0v) is 55.0. The van der Waals surface area contributed by atoms with Crippen LogP contribution in [0.4, 0.5) is 0 Å². The molecule has 18 unspecified atom stereocenters. The van der Waals surface area contributed by atoms with Crippen molar-refractivity contribution in [1.29, 1.82) is 0 Å². The van der Waals surface area contributed by atoms with Gasteiger partial charge in [-0.25, -0.2) is 4.79 Å². The van der Waals surface area contributed by atoms with Crippen LogP contribution in [0.5, 0.6) is 0 Å². The van der Waals surface area contributed by atoms with Gasteiger partial charge in [-0.05, 0) is 38.5 Å². The average Bonchev–Trinajstić information content (AvgIpc) is 0.767. The van der Waals surface area contributed by atoms with E-state index >= 15 is 0 Å². The highest BCUT2D eigenvalue weighted by atomic mass is 16.8. The molecule has 0 saturated carbocycles. The molecule has 3 aliphatic heterocycles. The van der Waals surface area contributed by atoms with Crippen molar-refractivity contribution in [2.75, 3.05) is 26.4 Å². The lowest BCUT2D eigenvalue weighted by Crippen LogP contribution is -2.70. The van der Waals surface area contributed by atoms with Crippen molar-refractivity contribution in [3.63, 3.8) is 0 Å². The summed E-state index contributed by atoms with van der Waals surface area (Å²) in [5.74, 6) is -6.11. The first-order chi connectivity index (χ1) is 43.4. The quantitative estimate of drug-likeness (QED) is 0.0235. The molecule has 14 N–H and O–H groups in total. The molecule has 18 atom stereocenters. The molecule has 3 heterocycles. The van der Waals surface area contributed by atoms with Crippen molar-refractivity contribution in [3.8, 4) is 0 Å². The Bertz CT molecular complexity index is 1870. The topological polar surface area (TPSA) is 373 Å². The lowest BCUT2D eigenvalue weighted by atomic mass is 9.88. The lowest BCUT2D eigenvalue weighted by molar-refractivity contribution is -0.386. The van der Waals surface area contributed by atoms with Gasteiger partial charge in [-0.1, -0.05) is 212 Å². The Balaban J connectivity index is 1.60. The van der Waals surface area contributed by atoms with E-state index in [-0.39, 0.29) is 18.9 Å². The summed E-state index contributed by atoms with van der Waals surface area (Å²) >= 11 is 0. The van der Waals surface area contributed by atoms with Crippen LogP contribution in [0.25, 0.3) is 0 Å². The van der Waals surface area contributed by atoms with Gasteiger partial charge in [0.15, 0.2) is 12.6 Å². The Hall–Kier alpha value is -2.53. The molecule has 0 spiro atoms. The fourth-order valence-electron chi connectivity index (χ4n) is 12.4. The largest absolute Gasteiger partial charge is 0.477 e. The van der Waals surface area contributed by atoms with E-state index in [1.54, 1.807) is 0 Å². The highest BCUT2D eigenvalue weighted by molar-refractivity contribution is 5.77. The van der Waals surface area contributed by atoms with E-state index in [0.29, 0.717) is 19.3 Å². The maximum atomic E-state index is 13.5. The molecule has 2 amide bonds. The van der Waals surface area contributed by atoms with Crippen LogP contribution in [0.1, 0.15) is 258 Å². The zero-order chi connectivity index (χ0) is 66.1. The summed E-state index contributed by atoms with van der Waals surface area (Å²) in [6, 6.07) is -2.53. The number of carboxylic acids is 1. The van der Waals surface area contributed by atoms with Crippen molar-refractivity contribution in [2.45, 2.75) is 368 Å². The number of ether oxygens (including phenoxy) is 6. The predicted octanol–water partition coefficient (Wildman–Crippen LogP) is 6.29. The number of allylic oxidation sites excluding steroid dienone is 2. The highest BCUT2D eigenvalue weighted by Crippen LogP contribution is 2.39. The molecular weight excluding hydrogens is 1170 g/mol. The van der Waals surface area contributed by atoms with Gasteiger partial charge >= 0.3 is 5.97 Å². The average molecular weight is 1290 g/mol. The molecule has 3 rings (SSSR count). The van der Waals surface area contributed by atoms with Crippen molar-refractivity contribution in [1.82, 2.24) is 10.6 Å². The van der Waals surface area contributed by atoms with Crippen molar-refractivity contribution in [2.24, 2.45) is 0 Å². The Morgan fingerprint density at radius 2 is 1.03 bits per heavy atom. The SMILES string of the molecule is CCCCCCCCCCC/C=C\CCCCCCCC(=O)NC(COC1OC(CO)C(OC2OC(CO)C(O)C(OC3(C(=O)O)CC(O)C(NC(C)=O)C(C(O)C(O)CO)O3)C2O)C(O)C1O)C(O)CCCCCCCCCCCCCCCCCCCC. The van der Waals surface area contributed by atoms with Crippen LogP contribution in [0.2, 0.25) is 0 Å². The Labute approximate surface area is 537 Å². The molecule has 3 aliphatic rings. The van der Waals surface area contributed by atoms with Gasteiger partial charge in [0.2, 0.25) is 11.8 Å². The lowest BCUT2D eigenvalue weighted by Gasteiger charge is -2.50. The Morgan fingerprint density at radius 3 is 1.50 bits per heavy atom. The second kappa shape index (κ2) is 48.2. The van der Waals surface area contributed by atoms with Gasteiger partial charge in [0.1, 0.15) is 67.1 Å². The van der Waals surface area contributed by atoms with E-state index in [1.165, 1.54) is 141 Å².